The van der Waals surface area contributed by atoms with E-state index >= 15 is 0 Å². The highest BCUT2D eigenvalue weighted by atomic mass is 32.1. The number of rotatable bonds is 5. The maximum Gasteiger partial charge on any atom is 0.329 e. The molecular formula is C20H20FN3O4S. The Labute approximate surface area is 169 Å². The summed E-state index contributed by atoms with van der Waals surface area (Å²) in [5, 5.41) is 11.9. The first-order valence-corrected chi connectivity index (χ1v) is 10.2. The summed E-state index contributed by atoms with van der Waals surface area (Å²) in [4.78, 5) is 41.8. The van der Waals surface area contributed by atoms with Crippen LogP contribution in [-0.2, 0) is 11.3 Å². The van der Waals surface area contributed by atoms with Crippen LogP contribution in [0.25, 0.3) is 10.2 Å². The molecule has 7 nitrogen and oxygen atoms in total. The fraction of sp³-hybridized carbons (Fsp3) is 0.350. The number of nitrogens with zero attached hydrogens (tertiary/aromatic N) is 2. The number of thiophene rings is 1. The van der Waals surface area contributed by atoms with Gasteiger partial charge >= 0.3 is 11.7 Å². The van der Waals surface area contributed by atoms with Crippen LogP contribution in [0.4, 0.5) is 4.39 Å². The Balaban J connectivity index is 1.50. The zero-order valence-corrected chi connectivity index (χ0v) is 16.3. The Kier molecular flexibility index (Phi) is 5.33. The van der Waals surface area contributed by atoms with E-state index in [0.717, 1.165) is 4.57 Å². The lowest BCUT2D eigenvalue weighted by molar-refractivity contribution is -0.144. The molecule has 0 saturated carbocycles. The second-order valence-electron chi connectivity index (χ2n) is 7.25. The van der Waals surface area contributed by atoms with Crippen molar-refractivity contribution in [2.24, 2.45) is 5.92 Å². The zero-order chi connectivity index (χ0) is 20.5. The number of benzene rings is 1. The summed E-state index contributed by atoms with van der Waals surface area (Å²) in [5.74, 6) is -2.26. The van der Waals surface area contributed by atoms with Gasteiger partial charge in [0.15, 0.2) is 0 Å². The third-order valence-electron chi connectivity index (χ3n) is 5.54. The lowest BCUT2D eigenvalue weighted by atomic mass is 9.80. The second-order valence-corrected chi connectivity index (χ2v) is 8.16. The van der Waals surface area contributed by atoms with E-state index in [1.807, 2.05) is 4.90 Å². The molecule has 4 rings (SSSR count). The molecule has 3 aromatic rings. The summed E-state index contributed by atoms with van der Waals surface area (Å²) in [6.45, 7) is 1.46. The van der Waals surface area contributed by atoms with Gasteiger partial charge in [0.1, 0.15) is 10.6 Å². The molecule has 0 radical (unpaired) electrons. The molecular weight excluding hydrogens is 397 g/mol. The van der Waals surface area contributed by atoms with Gasteiger partial charge in [-0.25, -0.2) is 9.18 Å². The highest BCUT2D eigenvalue weighted by molar-refractivity contribution is 7.16. The van der Waals surface area contributed by atoms with Crippen LogP contribution in [0.1, 0.15) is 17.9 Å². The number of nitrogens with one attached hydrogen (secondary N) is 1. The van der Waals surface area contributed by atoms with Crippen LogP contribution in [0.3, 0.4) is 0 Å². The third kappa shape index (κ3) is 3.88. The number of likely N-dealkylation sites (tertiary alicyclic amines) is 1. The molecule has 1 aromatic carbocycles. The molecule has 2 unspecified atom stereocenters. The molecule has 0 amide bonds. The van der Waals surface area contributed by atoms with Crippen molar-refractivity contribution in [2.45, 2.75) is 18.9 Å². The summed E-state index contributed by atoms with van der Waals surface area (Å²) in [6.07, 6.45) is 0.565. The first-order chi connectivity index (χ1) is 13.9. The summed E-state index contributed by atoms with van der Waals surface area (Å²) >= 11 is 1.30. The molecule has 2 aromatic heterocycles. The molecule has 0 aliphatic carbocycles. The topological polar surface area (TPSA) is 95.4 Å². The molecule has 2 atom stereocenters. The van der Waals surface area contributed by atoms with Crippen LogP contribution in [0.15, 0.2) is 45.3 Å². The van der Waals surface area contributed by atoms with Crippen LogP contribution in [0.5, 0.6) is 0 Å². The fourth-order valence-electron chi connectivity index (χ4n) is 4.03. The normalized spacial score (nSPS) is 20.2. The lowest BCUT2D eigenvalue weighted by Crippen LogP contribution is -2.45. The average Bonchev–Trinajstić information content (AvgIpc) is 3.16. The molecule has 1 saturated heterocycles. The molecule has 1 aliphatic heterocycles. The second kappa shape index (κ2) is 7.92. The van der Waals surface area contributed by atoms with E-state index in [0.29, 0.717) is 35.3 Å². The average molecular weight is 417 g/mol. The molecule has 1 fully saturated rings. The minimum Gasteiger partial charge on any atom is -0.481 e. The summed E-state index contributed by atoms with van der Waals surface area (Å²) in [7, 11) is 0. The number of fused-ring (bicyclic) bond motifs is 1. The van der Waals surface area contributed by atoms with Crippen molar-refractivity contribution in [1.29, 1.82) is 0 Å². The van der Waals surface area contributed by atoms with Crippen LogP contribution in [-0.4, -0.2) is 45.2 Å². The highest BCUT2D eigenvalue weighted by Gasteiger charge is 2.35. The van der Waals surface area contributed by atoms with Gasteiger partial charge in [-0.2, -0.15) is 0 Å². The standard InChI is InChI=1S/C20H20FN3O4S/c21-13-3-1-2-12(10-13)14-4-6-23(11-16(14)19(26)27)7-8-24-18(25)15-5-9-29-17(15)22-20(24)28/h1-3,5,9-10,14,16H,4,6-8,11H2,(H,22,28)(H,26,27). The van der Waals surface area contributed by atoms with Gasteiger partial charge in [0.2, 0.25) is 0 Å². The number of hydrogen-bond acceptors (Lipinski definition) is 5. The van der Waals surface area contributed by atoms with Crippen molar-refractivity contribution < 1.29 is 14.3 Å². The van der Waals surface area contributed by atoms with Gasteiger partial charge in [0, 0.05) is 19.6 Å². The number of aromatic nitrogens is 2. The van der Waals surface area contributed by atoms with Gasteiger partial charge in [-0.3, -0.25) is 19.1 Å². The van der Waals surface area contributed by atoms with E-state index in [1.54, 1.807) is 23.6 Å². The maximum absolute atomic E-state index is 13.6. The zero-order valence-electron chi connectivity index (χ0n) is 15.5. The molecule has 0 spiro atoms. The van der Waals surface area contributed by atoms with E-state index in [9.17, 15) is 23.9 Å². The van der Waals surface area contributed by atoms with Gasteiger partial charge in [-0.1, -0.05) is 12.1 Å². The Morgan fingerprint density at radius 1 is 1.28 bits per heavy atom. The number of carboxylic acid groups (broad SMARTS) is 1. The van der Waals surface area contributed by atoms with Gasteiger partial charge < -0.3 is 10.0 Å². The first kappa shape index (κ1) is 19.5. The van der Waals surface area contributed by atoms with Gasteiger partial charge in [0.25, 0.3) is 5.56 Å². The Hall–Kier alpha value is -2.78. The minimum atomic E-state index is -0.932. The van der Waals surface area contributed by atoms with Crippen LogP contribution in [0, 0.1) is 11.7 Å². The SMILES string of the molecule is O=C(O)C1CN(CCn2c(=O)[nH]c3sccc3c2=O)CCC1c1cccc(F)c1. The smallest absolute Gasteiger partial charge is 0.329 e. The minimum absolute atomic E-state index is 0.178. The van der Waals surface area contributed by atoms with Crippen molar-refractivity contribution in [1.82, 2.24) is 14.5 Å². The molecule has 3 heterocycles. The van der Waals surface area contributed by atoms with Crippen molar-refractivity contribution in [3.8, 4) is 0 Å². The van der Waals surface area contributed by atoms with Crippen LogP contribution < -0.4 is 11.2 Å². The number of hydrogen-bond donors (Lipinski definition) is 2. The number of aromatic amines is 1. The van der Waals surface area contributed by atoms with E-state index in [1.165, 1.54) is 23.5 Å². The number of halogens is 1. The first-order valence-electron chi connectivity index (χ1n) is 9.35. The van der Waals surface area contributed by atoms with E-state index < -0.39 is 17.6 Å². The van der Waals surface area contributed by atoms with Crippen molar-refractivity contribution >= 4 is 27.5 Å². The molecule has 9 heteroatoms. The van der Waals surface area contributed by atoms with Crippen molar-refractivity contribution in [3.05, 3.63) is 67.9 Å². The Bertz CT molecular complexity index is 1170. The van der Waals surface area contributed by atoms with Gasteiger partial charge in [-0.05, 0) is 48.0 Å². The predicted octanol–water partition coefficient (Wildman–Crippen LogP) is 2.08. The maximum atomic E-state index is 13.6. The molecule has 29 heavy (non-hydrogen) atoms. The van der Waals surface area contributed by atoms with E-state index in [2.05, 4.69) is 4.98 Å². The van der Waals surface area contributed by atoms with E-state index in [-0.39, 0.29) is 30.4 Å². The molecule has 152 valence electrons. The molecule has 2 N–H and O–H groups in total. The van der Waals surface area contributed by atoms with Crippen LogP contribution >= 0.6 is 11.3 Å². The molecule has 1 aliphatic rings. The highest BCUT2D eigenvalue weighted by Crippen LogP contribution is 2.33. The Morgan fingerprint density at radius 3 is 2.86 bits per heavy atom. The number of H-pyrrole nitrogens is 1. The monoisotopic (exact) mass is 417 g/mol. The van der Waals surface area contributed by atoms with Crippen LogP contribution in [0.2, 0.25) is 0 Å². The number of carbonyl (C=O) groups is 1. The number of carboxylic acids is 1. The largest absolute Gasteiger partial charge is 0.481 e. The molecule has 0 bridgehead atoms. The summed E-state index contributed by atoms with van der Waals surface area (Å²) in [5.41, 5.74) is -0.114. The lowest BCUT2D eigenvalue weighted by Gasteiger charge is -2.36. The van der Waals surface area contributed by atoms with Gasteiger partial charge in [0.05, 0.1) is 11.3 Å². The number of aliphatic carboxylic acids is 1. The summed E-state index contributed by atoms with van der Waals surface area (Å²) in [6, 6.07) is 7.77. The fourth-order valence-corrected chi connectivity index (χ4v) is 4.80. The van der Waals surface area contributed by atoms with Crippen molar-refractivity contribution in [2.75, 3.05) is 19.6 Å². The third-order valence-corrected chi connectivity index (χ3v) is 6.37. The van der Waals surface area contributed by atoms with Crippen molar-refractivity contribution in [3.63, 3.8) is 0 Å². The van der Waals surface area contributed by atoms with Gasteiger partial charge in [-0.15, -0.1) is 11.3 Å². The quantitative estimate of drug-likeness (QED) is 0.663. The predicted molar refractivity (Wildman–Crippen MR) is 108 cm³/mol. The number of piperidine rings is 1. The summed E-state index contributed by atoms with van der Waals surface area (Å²) < 4.78 is 14.7. The Morgan fingerprint density at radius 2 is 2.10 bits per heavy atom. The van der Waals surface area contributed by atoms with E-state index in [4.69, 9.17) is 0 Å².